The first-order valence-electron chi connectivity index (χ1n) is 5.35. The molecule has 0 saturated carbocycles. The molecule has 0 aliphatic carbocycles. The molecule has 0 aliphatic rings. The smallest absolute Gasteiger partial charge is 0.230 e. The Labute approximate surface area is 115 Å². The van der Waals surface area contributed by atoms with Crippen molar-refractivity contribution in [2.45, 2.75) is 10.6 Å². The van der Waals surface area contributed by atoms with Crippen molar-refractivity contribution in [3.63, 3.8) is 0 Å². The fourth-order valence-corrected chi connectivity index (χ4v) is 3.24. The van der Waals surface area contributed by atoms with E-state index in [2.05, 4.69) is 10.0 Å². The second-order valence-electron chi connectivity index (χ2n) is 3.59. The Bertz CT molecular complexity index is 457. The Kier molecular flexibility index (Phi) is 6.69. The minimum absolute atomic E-state index is 0.0345. The number of carbonyl (C=O) groups is 1. The van der Waals surface area contributed by atoms with Gasteiger partial charge < -0.3 is 5.32 Å². The van der Waals surface area contributed by atoms with Gasteiger partial charge in [0.15, 0.2) is 0 Å². The molecular formula is C10H16N2O3S3. The Hall–Kier alpha value is -0.570. The molecule has 1 aromatic rings. The number of hydrogen-bond acceptors (Lipinski definition) is 5. The van der Waals surface area contributed by atoms with Gasteiger partial charge in [-0.15, -0.1) is 23.1 Å². The minimum atomic E-state index is -3.13. The van der Waals surface area contributed by atoms with Crippen LogP contribution < -0.4 is 10.0 Å². The molecule has 18 heavy (non-hydrogen) atoms. The SMILES string of the molecule is CS(=O)(=O)NCCCNC(=O)CSc1cccs1. The van der Waals surface area contributed by atoms with Gasteiger partial charge in [0.2, 0.25) is 15.9 Å². The second-order valence-corrected chi connectivity index (χ2v) is 7.65. The topological polar surface area (TPSA) is 75.3 Å². The van der Waals surface area contributed by atoms with Crippen LogP contribution in [0.2, 0.25) is 0 Å². The number of sulfonamides is 1. The fraction of sp³-hybridized carbons (Fsp3) is 0.500. The highest BCUT2D eigenvalue weighted by Gasteiger charge is 2.03. The Morgan fingerprint density at radius 1 is 1.44 bits per heavy atom. The monoisotopic (exact) mass is 308 g/mol. The van der Waals surface area contributed by atoms with E-state index in [-0.39, 0.29) is 5.91 Å². The summed E-state index contributed by atoms with van der Waals surface area (Å²) >= 11 is 3.10. The molecule has 0 unspecified atom stereocenters. The number of thiophene rings is 1. The summed E-state index contributed by atoms with van der Waals surface area (Å²) in [5, 5.41) is 4.71. The lowest BCUT2D eigenvalue weighted by molar-refractivity contribution is -0.118. The molecular weight excluding hydrogens is 292 g/mol. The van der Waals surface area contributed by atoms with Gasteiger partial charge in [-0.2, -0.15) is 0 Å². The quantitative estimate of drug-likeness (QED) is 0.552. The zero-order chi connectivity index (χ0) is 13.4. The Morgan fingerprint density at radius 2 is 2.22 bits per heavy atom. The molecule has 1 rings (SSSR count). The molecule has 0 saturated heterocycles. The highest BCUT2D eigenvalue weighted by atomic mass is 32.2. The number of rotatable bonds is 8. The van der Waals surface area contributed by atoms with E-state index in [0.717, 1.165) is 10.5 Å². The molecule has 1 aromatic heterocycles. The third-order valence-corrected chi connectivity index (χ3v) is 4.74. The highest BCUT2D eigenvalue weighted by molar-refractivity contribution is 8.01. The third kappa shape index (κ3) is 7.70. The van der Waals surface area contributed by atoms with E-state index < -0.39 is 10.0 Å². The van der Waals surface area contributed by atoms with Crippen LogP contribution in [0, 0.1) is 0 Å². The molecule has 0 spiro atoms. The van der Waals surface area contributed by atoms with Crippen molar-refractivity contribution in [3.8, 4) is 0 Å². The Balaban J connectivity index is 2.03. The Morgan fingerprint density at radius 3 is 2.83 bits per heavy atom. The zero-order valence-corrected chi connectivity index (χ0v) is 12.5. The van der Waals surface area contributed by atoms with Gasteiger partial charge in [0.25, 0.3) is 0 Å². The first kappa shape index (κ1) is 15.5. The van der Waals surface area contributed by atoms with Gasteiger partial charge in [-0.05, 0) is 17.9 Å². The zero-order valence-electron chi connectivity index (χ0n) is 10.0. The number of carbonyl (C=O) groups excluding carboxylic acids is 1. The van der Waals surface area contributed by atoms with Crippen LogP contribution in [0.25, 0.3) is 0 Å². The van der Waals surface area contributed by atoms with Crippen molar-refractivity contribution in [1.82, 2.24) is 10.0 Å². The minimum Gasteiger partial charge on any atom is -0.355 e. The van der Waals surface area contributed by atoms with Crippen molar-refractivity contribution in [2.24, 2.45) is 0 Å². The first-order chi connectivity index (χ1) is 8.47. The van der Waals surface area contributed by atoms with E-state index in [0.29, 0.717) is 25.3 Å². The van der Waals surface area contributed by atoms with Gasteiger partial charge in [0, 0.05) is 13.1 Å². The molecule has 2 N–H and O–H groups in total. The predicted octanol–water partition coefficient (Wildman–Crippen LogP) is 0.896. The lowest BCUT2D eigenvalue weighted by Gasteiger charge is -2.05. The summed E-state index contributed by atoms with van der Waals surface area (Å²) in [6, 6.07) is 3.92. The van der Waals surface area contributed by atoms with E-state index in [9.17, 15) is 13.2 Å². The maximum Gasteiger partial charge on any atom is 0.230 e. The molecule has 8 heteroatoms. The van der Waals surface area contributed by atoms with Gasteiger partial charge in [-0.1, -0.05) is 6.07 Å². The average molecular weight is 308 g/mol. The third-order valence-electron chi connectivity index (χ3n) is 1.88. The summed E-state index contributed by atoms with van der Waals surface area (Å²) in [6.45, 7) is 0.823. The first-order valence-corrected chi connectivity index (χ1v) is 9.11. The van der Waals surface area contributed by atoms with Crippen LogP contribution in [0.5, 0.6) is 0 Å². The van der Waals surface area contributed by atoms with Crippen LogP contribution in [0.3, 0.4) is 0 Å². The van der Waals surface area contributed by atoms with E-state index in [1.807, 2.05) is 17.5 Å². The van der Waals surface area contributed by atoms with Crippen LogP contribution >= 0.6 is 23.1 Å². The van der Waals surface area contributed by atoms with Crippen LogP contribution in [-0.4, -0.2) is 39.4 Å². The van der Waals surface area contributed by atoms with Crippen LogP contribution in [0.4, 0.5) is 0 Å². The highest BCUT2D eigenvalue weighted by Crippen LogP contribution is 2.22. The van der Waals surface area contributed by atoms with Crippen molar-refractivity contribution in [2.75, 3.05) is 25.1 Å². The number of thioether (sulfide) groups is 1. The molecule has 1 heterocycles. The predicted molar refractivity (Wildman–Crippen MR) is 75.5 cm³/mol. The van der Waals surface area contributed by atoms with Crippen LogP contribution in [0.1, 0.15) is 6.42 Å². The average Bonchev–Trinajstić information content (AvgIpc) is 2.77. The van der Waals surface area contributed by atoms with E-state index in [1.54, 1.807) is 11.3 Å². The summed E-state index contributed by atoms with van der Waals surface area (Å²) in [4.78, 5) is 11.4. The van der Waals surface area contributed by atoms with Gasteiger partial charge in [-0.25, -0.2) is 13.1 Å². The van der Waals surface area contributed by atoms with Crippen molar-refractivity contribution in [3.05, 3.63) is 17.5 Å². The van der Waals surface area contributed by atoms with Crippen LogP contribution in [0.15, 0.2) is 21.7 Å². The molecule has 0 aromatic carbocycles. The normalized spacial score (nSPS) is 11.4. The summed E-state index contributed by atoms with van der Waals surface area (Å²) in [7, 11) is -3.13. The summed E-state index contributed by atoms with van der Waals surface area (Å²) in [5.41, 5.74) is 0. The van der Waals surface area contributed by atoms with Crippen molar-refractivity contribution in [1.29, 1.82) is 0 Å². The molecule has 0 radical (unpaired) electrons. The lowest BCUT2D eigenvalue weighted by atomic mass is 10.4. The molecule has 0 atom stereocenters. The fourth-order valence-electron chi connectivity index (χ4n) is 1.11. The molecule has 0 bridgehead atoms. The standard InChI is InChI=1S/C10H16N2O3S3/c1-18(14,15)12-6-3-5-11-9(13)8-17-10-4-2-7-16-10/h2,4,7,12H,3,5-6,8H2,1H3,(H,11,13). The molecule has 1 amide bonds. The number of nitrogens with one attached hydrogen (secondary N) is 2. The van der Waals surface area contributed by atoms with Gasteiger partial charge >= 0.3 is 0 Å². The summed E-state index contributed by atoms with van der Waals surface area (Å²) < 4.78 is 25.0. The van der Waals surface area contributed by atoms with Gasteiger partial charge in [-0.3, -0.25) is 4.79 Å². The largest absolute Gasteiger partial charge is 0.355 e. The van der Waals surface area contributed by atoms with Crippen molar-refractivity contribution < 1.29 is 13.2 Å². The number of hydrogen-bond donors (Lipinski definition) is 2. The maximum absolute atomic E-state index is 11.4. The second kappa shape index (κ2) is 7.78. The van der Waals surface area contributed by atoms with Gasteiger partial charge in [0.1, 0.15) is 0 Å². The van der Waals surface area contributed by atoms with Gasteiger partial charge in [0.05, 0.1) is 16.2 Å². The summed E-state index contributed by atoms with van der Waals surface area (Å²) in [5.74, 6) is 0.354. The molecule has 102 valence electrons. The van der Waals surface area contributed by atoms with E-state index in [1.165, 1.54) is 11.8 Å². The maximum atomic E-state index is 11.4. The van der Waals surface area contributed by atoms with Crippen molar-refractivity contribution >= 4 is 39.0 Å². The molecule has 5 nitrogen and oxygen atoms in total. The summed E-state index contributed by atoms with van der Waals surface area (Å²) in [6.07, 6.45) is 1.70. The number of amides is 1. The lowest BCUT2D eigenvalue weighted by Crippen LogP contribution is -2.30. The molecule has 0 fully saturated rings. The van der Waals surface area contributed by atoms with Crippen LogP contribution in [-0.2, 0) is 14.8 Å². The molecule has 0 aliphatic heterocycles. The van der Waals surface area contributed by atoms with E-state index in [4.69, 9.17) is 0 Å². The van der Waals surface area contributed by atoms with E-state index >= 15 is 0 Å².